The van der Waals surface area contributed by atoms with E-state index in [1.165, 1.54) is 0 Å². The Balaban J connectivity index is 1.65. The maximum Gasteiger partial charge on any atom is 0.119 e. The highest BCUT2D eigenvalue weighted by molar-refractivity contribution is 7.80. The van der Waals surface area contributed by atoms with Gasteiger partial charge in [0.15, 0.2) is 0 Å². The van der Waals surface area contributed by atoms with Crippen LogP contribution in [0.4, 0.5) is 0 Å². The van der Waals surface area contributed by atoms with E-state index >= 15 is 0 Å². The van der Waals surface area contributed by atoms with Crippen LogP contribution in [0, 0.1) is 0 Å². The number of hydrogen-bond donors (Lipinski definition) is 1. The Morgan fingerprint density at radius 2 is 2.15 bits per heavy atom. The molecule has 0 amide bonds. The van der Waals surface area contributed by atoms with E-state index in [9.17, 15) is 0 Å². The van der Waals surface area contributed by atoms with Crippen LogP contribution in [0.3, 0.4) is 0 Å². The summed E-state index contributed by atoms with van der Waals surface area (Å²) >= 11 is 4.91. The third-order valence-electron chi connectivity index (χ3n) is 3.59. The van der Waals surface area contributed by atoms with Crippen molar-refractivity contribution in [2.45, 2.75) is 18.9 Å². The Hall–Kier alpha value is -1.17. The lowest BCUT2D eigenvalue weighted by Crippen LogP contribution is -2.25. The predicted octanol–water partition coefficient (Wildman–Crippen LogP) is 1.81. The van der Waals surface area contributed by atoms with Gasteiger partial charge in [0.2, 0.25) is 0 Å². The van der Waals surface area contributed by atoms with E-state index in [0.717, 1.165) is 50.4 Å². The van der Waals surface area contributed by atoms with Crippen molar-refractivity contribution >= 4 is 17.2 Å². The highest BCUT2D eigenvalue weighted by atomic mass is 32.1. The summed E-state index contributed by atoms with van der Waals surface area (Å²) in [7, 11) is 1.79. The van der Waals surface area contributed by atoms with Crippen LogP contribution in [0.2, 0.25) is 0 Å². The van der Waals surface area contributed by atoms with Crippen LogP contribution in [-0.4, -0.2) is 49.3 Å². The second-order valence-electron chi connectivity index (χ2n) is 5.04. The van der Waals surface area contributed by atoms with Gasteiger partial charge in [-0.15, -0.1) is 0 Å². The highest BCUT2D eigenvalue weighted by Crippen LogP contribution is 2.14. The molecule has 1 aromatic rings. The second kappa shape index (κ2) is 7.57. The Labute approximate surface area is 125 Å². The van der Waals surface area contributed by atoms with Crippen LogP contribution in [0.1, 0.15) is 18.4 Å². The minimum Gasteiger partial charge on any atom is -0.494 e. The first-order valence-electron chi connectivity index (χ1n) is 6.97. The van der Waals surface area contributed by atoms with Crippen LogP contribution in [-0.2, 0) is 4.74 Å². The van der Waals surface area contributed by atoms with E-state index in [-0.39, 0.29) is 0 Å². The molecule has 5 heteroatoms. The third kappa shape index (κ3) is 4.44. The molecule has 1 aliphatic rings. The zero-order valence-electron chi connectivity index (χ0n) is 11.9. The molecule has 1 unspecified atom stereocenters. The number of ether oxygens (including phenoxy) is 2. The zero-order chi connectivity index (χ0) is 14.4. The summed E-state index contributed by atoms with van der Waals surface area (Å²) in [6.07, 6.45) is 2.56. The van der Waals surface area contributed by atoms with Crippen molar-refractivity contribution in [1.29, 1.82) is 0 Å². The molecule has 110 valence electrons. The standard InChI is InChI=1S/C15H22N2O2S/c1-18-14-7-9-17(11-14)8-2-10-19-13-5-3-12(4-6-13)15(16)20/h3-6,14H,2,7-11H2,1H3,(H2,16,20). The quantitative estimate of drug-likeness (QED) is 0.614. The summed E-state index contributed by atoms with van der Waals surface area (Å²) < 4.78 is 11.1. The summed E-state index contributed by atoms with van der Waals surface area (Å²) in [4.78, 5) is 2.84. The first-order valence-corrected chi connectivity index (χ1v) is 7.37. The van der Waals surface area contributed by atoms with Crippen molar-refractivity contribution in [3.63, 3.8) is 0 Å². The molecular weight excluding hydrogens is 272 g/mol. The van der Waals surface area contributed by atoms with E-state index in [0.29, 0.717) is 11.1 Å². The average molecular weight is 294 g/mol. The smallest absolute Gasteiger partial charge is 0.119 e. The molecule has 0 spiro atoms. The van der Waals surface area contributed by atoms with Crippen molar-refractivity contribution in [1.82, 2.24) is 4.90 Å². The number of rotatable bonds is 7. The molecule has 1 aromatic carbocycles. The molecule has 4 nitrogen and oxygen atoms in total. The fourth-order valence-corrected chi connectivity index (χ4v) is 2.52. The van der Waals surface area contributed by atoms with Gasteiger partial charge >= 0.3 is 0 Å². The van der Waals surface area contributed by atoms with Gasteiger partial charge in [0.1, 0.15) is 10.7 Å². The minimum atomic E-state index is 0.406. The molecule has 0 bridgehead atoms. The van der Waals surface area contributed by atoms with Gasteiger partial charge in [0.25, 0.3) is 0 Å². The molecule has 1 aliphatic heterocycles. The van der Waals surface area contributed by atoms with E-state index < -0.39 is 0 Å². The van der Waals surface area contributed by atoms with E-state index in [1.54, 1.807) is 7.11 Å². The number of benzene rings is 1. The van der Waals surface area contributed by atoms with Crippen LogP contribution in [0.15, 0.2) is 24.3 Å². The summed E-state index contributed by atoms with van der Waals surface area (Å²) in [6.45, 7) is 3.95. The molecule has 0 saturated carbocycles. The number of methoxy groups -OCH3 is 1. The van der Waals surface area contributed by atoms with Crippen molar-refractivity contribution in [2.24, 2.45) is 5.73 Å². The zero-order valence-corrected chi connectivity index (χ0v) is 12.7. The third-order valence-corrected chi connectivity index (χ3v) is 3.82. The molecule has 0 aliphatic carbocycles. The van der Waals surface area contributed by atoms with Gasteiger partial charge < -0.3 is 20.1 Å². The molecule has 0 aromatic heterocycles. The van der Waals surface area contributed by atoms with Gasteiger partial charge in [0, 0.05) is 32.3 Å². The van der Waals surface area contributed by atoms with Crippen LogP contribution in [0.5, 0.6) is 5.75 Å². The average Bonchev–Trinajstić information content (AvgIpc) is 2.92. The summed E-state index contributed by atoms with van der Waals surface area (Å²) in [5, 5.41) is 0. The summed E-state index contributed by atoms with van der Waals surface area (Å²) in [6, 6.07) is 7.60. The number of hydrogen-bond acceptors (Lipinski definition) is 4. The first-order chi connectivity index (χ1) is 9.69. The van der Waals surface area contributed by atoms with Crippen molar-refractivity contribution in [2.75, 3.05) is 33.4 Å². The van der Waals surface area contributed by atoms with E-state index in [4.69, 9.17) is 27.4 Å². The SMILES string of the molecule is COC1CCN(CCCOc2ccc(C(N)=S)cc2)C1. The van der Waals surface area contributed by atoms with Gasteiger partial charge in [-0.3, -0.25) is 0 Å². The van der Waals surface area contributed by atoms with Crippen molar-refractivity contribution < 1.29 is 9.47 Å². The maximum absolute atomic E-state index is 5.71. The molecule has 1 fully saturated rings. The fourth-order valence-electron chi connectivity index (χ4n) is 2.39. The Morgan fingerprint density at radius 1 is 1.40 bits per heavy atom. The number of nitrogens with zero attached hydrogens (tertiary/aromatic N) is 1. The first kappa shape index (κ1) is 15.2. The van der Waals surface area contributed by atoms with E-state index in [2.05, 4.69) is 4.90 Å². The van der Waals surface area contributed by atoms with Gasteiger partial charge in [-0.2, -0.15) is 0 Å². The highest BCUT2D eigenvalue weighted by Gasteiger charge is 2.21. The normalized spacial score (nSPS) is 19.1. The Kier molecular flexibility index (Phi) is 5.76. The van der Waals surface area contributed by atoms with Crippen LogP contribution < -0.4 is 10.5 Å². The fraction of sp³-hybridized carbons (Fsp3) is 0.533. The predicted molar refractivity (Wildman–Crippen MR) is 84.3 cm³/mol. The molecule has 20 heavy (non-hydrogen) atoms. The summed E-state index contributed by atoms with van der Waals surface area (Å²) in [5.41, 5.74) is 6.42. The topological polar surface area (TPSA) is 47.7 Å². The molecule has 1 heterocycles. The molecule has 1 saturated heterocycles. The molecule has 1 atom stereocenters. The number of likely N-dealkylation sites (tertiary alicyclic amines) is 1. The molecular formula is C15H22N2O2S. The largest absolute Gasteiger partial charge is 0.494 e. The number of nitrogens with two attached hydrogens (primary N) is 1. The van der Waals surface area contributed by atoms with Crippen LogP contribution >= 0.6 is 12.2 Å². The van der Waals surface area contributed by atoms with Gasteiger partial charge in [-0.05, 0) is 37.1 Å². The lowest BCUT2D eigenvalue weighted by atomic mass is 10.2. The van der Waals surface area contributed by atoms with Gasteiger partial charge in [0.05, 0.1) is 12.7 Å². The lowest BCUT2D eigenvalue weighted by Gasteiger charge is -2.15. The van der Waals surface area contributed by atoms with Gasteiger partial charge in [-0.25, -0.2) is 0 Å². The Bertz CT molecular complexity index is 436. The number of thiocarbonyl (C=S) groups is 1. The second-order valence-corrected chi connectivity index (χ2v) is 5.48. The maximum atomic E-state index is 5.71. The van der Waals surface area contributed by atoms with Crippen molar-refractivity contribution in [3.05, 3.63) is 29.8 Å². The summed E-state index contributed by atoms with van der Waals surface area (Å²) in [5.74, 6) is 0.862. The molecule has 0 radical (unpaired) electrons. The monoisotopic (exact) mass is 294 g/mol. The molecule has 2 rings (SSSR count). The minimum absolute atomic E-state index is 0.406. The lowest BCUT2D eigenvalue weighted by molar-refractivity contribution is 0.107. The Morgan fingerprint density at radius 3 is 2.75 bits per heavy atom. The van der Waals surface area contributed by atoms with Crippen LogP contribution in [0.25, 0.3) is 0 Å². The van der Waals surface area contributed by atoms with Gasteiger partial charge in [-0.1, -0.05) is 12.2 Å². The van der Waals surface area contributed by atoms with Crippen molar-refractivity contribution in [3.8, 4) is 5.75 Å². The molecule has 2 N–H and O–H groups in total. The van der Waals surface area contributed by atoms with E-state index in [1.807, 2.05) is 24.3 Å².